The summed E-state index contributed by atoms with van der Waals surface area (Å²) in [6.07, 6.45) is 6.34. The van der Waals surface area contributed by atoms with E-state index in [0.29, 0.717) is 42.4 Å². The highest BCUT2D eigenvalue weighted by Gasteiger charge is 2.61. The lowest BCUT2D eigenvalue weighted by atomic mass is 9.46. The van der Waals surface area contributed by atoms with Gasteiger partial charge in [-0.2, -0.15) is 0 Å². The van der Waals surface area contributed by atoms with Crippen LogP contribution in [0.5, 0.6) is 0 Å². The molecule has 11 atom stereocenters. The number of ketones is 1. The van der Waals surface area contributed by atoms with E-state index in [-0.39, 0.29) is 28.4 Å². The molecule has 3 saturated carbocycles. The van der Waals surface area contributed by atoms with Crippen LogP contribution in [0.25, 0.3) is 0 Å². The summed E-state index contributed by atoms with van der Waals surface area (Å²) >= 11 is 0. The summed E-state index contributed by atoms with van der Waals surface area (Å²) in [6, 6.07) is 0. The molecule has 0 aromatic carbocycles. The van der Waals surface area contributed by atoms with Crippen LogP contribution in [0.1, 0.15) is 92.9 Å². The number of halogens is 1. The first-order valence-electron chi connectivity index (χ1n) is 13.7. The number of carbonyl (C=O) groups excluding carboxylic acids is 1. The molecular weight excluding hydrogens is 415 g/mol. The van der Waals surface area contributed by atoms with E-state index in [0.717, 1.165) is 44.1 Å². The van der Waals surface area contributed by atoms with Crippen LogP contribution in [0.3, 0.4) is 0 Å². The number of rotatable bonds is 6. The number of carbonyl (C=O) groups is 1. The smallest absolute Gasteiger partial charge is 0.155 e. The van der Waals surface area contributed by atoms with Crippen molar-refractivity contribution in [3.05, 3.63) is 11.6 Å². The van der Waals surface area contributed by atoms with Crippen molar-refractivity contribution in [1.82, 2.24) is 0 Å². The van der Waals surface area contributed by atoms with Gasteiger partial charge in [-0.3, -0.25) is 4.79 Å². The summed E-state index contributed by atoms with van der Waals surface area (Å²) in [5, 5.41) is 22.3. The van der Waals surface area contributed by atoms with Crippen LogP contribution in [0.4, 0.5) is 4.39 Å². The Labute approximate surface area is 200 Å². The third kappa shape index (κ3) is 3.96. The summed E-state index contributed by atoms with van der Waals surface area (Å²) in [5.41, 5.74) is 0.690. The number of hydrogen-bond donors (Lipinski definition) is 2. The largest absolute Gasteiger partial charge is 0.390 e. The van der Waals surface area contributed by atoms with Crippen LogP contribution < -0.4 is 0 Å². The van der Waals surface area contributed by atoms with Crippen molar-refractivity contribution >= 4 is 5.78 Å². The van der Waals surface area contributed by atoms with Gasteiger partial charge in [-0.15, -0.1) is 0 Å². The van der Waals surface area contributed by atoms with E-state index in [4.69, 9.17) is 0 Å². The zero-order valence-corrected chi connectivity index (χ0v) is 21.7. The Hall–Kier alpha value is -0.740. The molecule has 0 amide bonds. The monoisotopic (exact) mass is 462 g/mol. The van der Waals surface area contributed by atoms with Crippen molar-refractivity contribution < 1.29 is 19.4 Å². The van der Waals surface area contributed by atoms with Gasteiger partial charge in [0.25, 0.3) is 0 Å². The van der Waals surface area contributed by atoms with Gasteiger partial charge in [0.15, 0.2) is 5.78 Å². The van der Waals surface area contributed by atoms with Crippen LogP contribution in [0.15, 0.2) is 11.6 Å². The third-order valence-corrected chi connectivity index (χ3v) is 11.3. The molecule has 4 rings (SSSR count). The maximum atomic E-state index is 15.5. The highest BCUT2D eigenvalue weighted by Crippen LogP contribution is 2.68. The molecule has 2 N–H and O–H groups in total. The lowest BCUT2D eigenvalue weighted by molar-refractivity contribution is -0.120. The Morgan fingerprint density at radius 1 is 1.06 bits per heavy atom. The Kier molecular flexibility index (Phi) is 6.95. The molecule has 3 nitrogen and oxygen atoms in total. The number of hydrogen-bond acceptors (Lipinski definition) is 3. The molecule has 0 aromatic heterocycles. The fraction of sp³-hybridized carbons (Fsp3) is 0.897. The highest BCUT2D eigenvalue weighted by atomic mass is 19.1. The SMILES string of the molecule is CC[C@@H](C(C)C)[C@H](O)[C@@H](O)[C@@H](C)[C@H]1CC[C@H]2[C@@H]3C[C@@H](F)C4=CC(=O)CC[C@]4(C)[C@H]3CC[C@]12C. The van der Waals surface area contributed by atoms with Gasteiger partial charge in [0, 0.05) is 6.42 Å². The average molecular weight is 463 g/mol. The number of fused-ring (bicyclic) bond motifs is 5. The molecule has 0 aromatic rings. The molecule has 0 spiro atoms. The Morgan fingerprint density at radius 2 is 1.76 bits per heavy atom. The van der Waals surface area contributed by atoms with Gasteiger partial charge in [0.05, 0.1) is 12.2 Å². The molecule has 0 aliphatic heterocycles. The Balaban J connectivity index is 1.56. The molecule has 0 bridgehead atoms. The first-order valence-corrected chi connectivity index (χ1v) is 13.7. The van der Waals surface area contributed by atoms with Crippen molar-refractivity contribution in [2.75, 3.05) is 0 Å². The number of aliphatic hydroxyl groups excluding tert-OH is 2. The maximum Gasteiger partial charge on any atom is 0.155 e. The van der Waals surface area contributed by atoms with E-state index in [1.54, 1.807) is 6.08 Å². The van der Waals surface area contributed by atoms with E-state index in [2.05, 4.69) is 41.5 Å². The molecule has 0 heterocycles. The second-order valence-corrected chi connectivity index (χ2v) is 12.9. The zero-order valence-electron chi connectivity index (χ0n) is 21.7. The normalized spacial score (nSPS) is 44.4. The molecule has 4 heteroatoms. The zero-order chi connectivity index (χ0) is 24.3. The number of aliphatic hydroxyl groups is 2. The van der Waals surface area contributed by atoms with Gasteiger partial charge in [-0.1, -0.05) is 48.0 Å². The molecular formula is C29H47FO3. The second kappa shape index (κ2) is 9.04. The standard InChI is InChI=1S/C29H47FO3/c1-7-19(16(2)3)27(33)26(32)17(4)21-8-9-22-20-15-25(30)24-14-18(31)10-12-29(24,6)23(20)11-13-28(21,22)5/h14,16-17,19-23,25-27,32-33H,7-13,15H2,1-6H3/t17-,19-,20-,21+,22-,23-,25+,26-,27-,28+,29+/m0/s1. The Morgan fingerprint density at radius 3 is 2.39 bits per heavy atom. The third-order valence-electron chi connectivity index (χ3n) is 11.3. The van der Waals surface area contributed by atoms with Crippen LogP contribution in [-0.4, -0.2) is 34.4 Å². The molecule has 33 heavy (non-hydrogen) atoms. The predicted molar refractivity (Wildman–Crippen MR) is 130 cm³/mol. The van der Waals surface area contributed by atoms with Gasteiger partial charge in [0.1, 0.15) is 6.17 Å². The molecule has 188 valence electrons. The summed E-state index contributed by atoms with van der Waals surface area (Å²) < 4.78 is 15.5. The quantitative estimate of drug-likeness (QED) is 0.500. The lowest BCUT2D eigenvalue weighted by Gasteiger charge is -2.59. The molecule has 3 fully saturated rings. The lowest BCUT2D eigenvalue weighted by Crippen LogP contribution is -2.54. The summed E-state index contributed by atoms with van der Waals surface area (Å²) in [4.78, 5) is 12.1. The molecule has 0 unspecified atom stereocenters. The fourth-order valence-corrected chi connectivity index (χ4v) is 9.37. The number of allylic oxidation sites excluding steroid dienone is 1. The summed E-state index contributed by atoms with van der Waals surface area (Å²) in [5.74, 6) is 2.20. The van der Waals surface area contributed by atoms with Crippen molar-refractivity contribution in [2.24, 2.45) is 52.3 Å². The van der Waals surface area contributed by atoms with Gasteiger partial charge in [0.2, 0.25) is 0 Å². The van der Waals surface area contributed by atoms with Crippen LogP contribution in [-0.2, 0) is 4.79 Å². The minimum atomic E-state index is -0.997. The van der Waals surface area contributed by atoms with Crippen molar-refractivity contribution in [2.45, 2.75) is 111 Å². The van der Waals surface area contributed by atoms with Crippen LogP contribution in [0.2, 0.25) is 0 Å². The minimum absolute atomic E-state index is 0.0301. The van der Waals surface area contributed by atoms with Gasteiger partial charge < -0.3 is 10.2 Å². The molecule has 0 saturated heterocycles. The fourth-order valence-electron chi connectivity index (χ4n) is 9.37. The predicted octanol–water partition coefficient (Wildman–Crippen LogP) is 6.12. The topological polar surface area (TPSA) is 57.5 Å². The highest BCUT2D eigenvalue weighted by molar-refractivity contribution is 5.91. The van der Waals surface area contributed by atoms with Crippen LogP contribution >= 0.6 is 0 Å². The van der Waals surface area contributed by atoms with Crippen molar-refractivity contribution in [3.63, 3.8) is 0 Å². The maximum absolute atomic E-state index is 15.5. The van der Waals surface area contributed by atoms with E-state index < -0.39 is 18.4 Å². The summed E-state index contributed by atoms with van der Waals surface area (Å²) in [6.45, 7) is 13.1. The number of alkyl halides is 1. The first kappa shape index (κ1) is 25.4. The summed E-state index contributed by atoms with van der Waals surface area (Å²) in [7, 11) is 0. The van der Waals surface area contributed by atoms with Gasteiger partial charge >= 0.3 is 0 Å². The molecule has 4 aliphatic carbocycles. The Bertz CT molecular complexity index is 777. The van der Waals surface area contributed by atoms with Crippen molar-refractivity contribution in [3.8, 4) is 0 Å². The average Bonchev–Trinajstić information content (AvgIpc) is 3.11. The first-order chi connectivity index (χ1) is 15.5. The van der Waals surface area contributed by atoms with Crippen molar-refractivity contribution in [1.29, 1.82) is 0 Å². The van der Waals surface area contributed by atoms with Gasteiger partial charge in [-0.25, -0.2) is 4.39 Å². The molecule has 4 aliphatic rings. The van der Waals surface area contributed by atoms with Crippen LogP contribution in [0, 0.1) is 52.3 Å². The minimum Gasteiger partial charge on any atom is -0.390 e. The van der Waals surface area contributed by atoms with Gasteiger partial charge in [-0.05, 0) is 102 Å². The molecule has 0 radical (unpaired) electrons. The van der Waals surface area contributed by atoms with E-state index in [1.807, 2.05) is 0 Å². The second-order valence-electron chi connectivity index (χ2n) is 12.9. The van der Waals surface area contributed by atoms with E-state index in [1.165, 1.54) is 0 Å². The van der Waals surface area contributed by atoms with E-state index in [9.17, 15) is 15.0 Å². The van der Waals surface area contributed by atoms with E-state index >= 15 is 4.39 Å².